The maximum atomic E-state index is 11.0. The van der Waals surface area contributed by atoms with E-state index in [2.05, 4.69) is 0 Å². The number of aliphatic hydroxyl groups is 1. The number of fused-ring (bicyclic) bond motifs is 1. The average molecular weight is 285 g/mol. The molecule has 0 saturated carbocycles. The minimum atomic E-state index is -1.23. The molecule has 0 fully saturated rings. The normalized spacial score (nSPS) is 16.9. The molecule has 21 heavy (non-hydrogen) atoms. The van der Waals surface area contributed by atoms with E-state index in [9.17, 15) is 5.11 Å². The Bertz CT molecular complexity index is 615. The molecule has 3 N–H and O–H groups in total. The zero-order chi connectivity index (χ0) is 14.7. The molecule has 1 heterocycles. The average Bonchev–Trinajstić information content (AvgIpc) is 2.79. The number of hydrogen-bond acceptors (Lipinski definition) is 4. The second-order valence-corrected chi connectivity index (χ2v) is 5.14. The highest BCUT2D eigenvalue weighted by Gasteiger charge is 2.31. The van der Waals surface area contributed by atoms with Gasteiger partial charge in [0.25, 0.3) is 0 Å². The molecule has 0 amide bonds. The van der Waals surface area contributed by atoms with Crippen molar-refractivity contribution in [3.63, 3.8) is 0 Å². The molecule has 0 bridgehead atoms. The van der Waals surface area contributed by atoms with Gasteiger partial charge in [0, 0.05) is 13.0 Å². The Labute approximate surface area is 124 Å². The van der Waals surface area contributed by atoms with Crippen LogP contribution in [0.5, 0.6) is 11.5 Å². The summed E-state index contributed by atoms with van der Waals surface area (Å²) in [6.07, 6.45) is 0.851. The zero-order valence-electron chi connectivity index (χ0n) is 11.8. The number of benzene rings is 2. The fourth-order valence-corrected chi connectivity index (χ4v) is 2.54. The van der Waals surface area contributed by atoms with Gasteiger partial charge in [0.15, 0.2) is 11.5 Å². The van der Waals surface area contributed by atoms with Crippen LogP contribution in [0.25, 0.3) is 0 Å². The van der Waals surface area contributed by atoms with Gasteiger partial charge in [-0.1, -0.05) is 36.4 Å². The van der Waals surface area contributed by atoms with Gasteiger partial charge in [-0.15, -0.1) is 0 Å². The van der Waals surface area contributed by atoms with Crippen molar-refractivity contribution in [2.75, 3.05) is 19.8 Å². The van der Waals surface area contributed by atoms with Gasteiger partial charge >= 0.3 is 0 Å². The van der Waals surface area contributed by atoms with Crippen molar-refractivity contribution in [3.8, 4) is 11.5 Å². The molecule has 110 valence electrons. The number of hydrogen-bond donors (Lipinski definition) is 2. The van der Waals surface area contributed by atoms with Gasteiger partial charge in [-0.2, -0.15) is 0 Å². The van der Waals surface area contributed by atoms with Gasteiger partial charge in [-0.3, -0.25) is 0 Å². The van der Waals surface area contributed by atoms with Crippen molar-refractivity contribution in [1.29, 1.82) is 0 Å². The van der Waals surface area contributed by atoms with E-state index < -0.39 is 5.60 Å². The number of rotatable bonds is 3. The topological polar surface area (TPSA) is 64.7 Å². The number of ether oxygens (including phenoxy) is 2. The molecular formula is C17H19NO3. The van der Waals surface area contributed by atoms with E-state index in [0.29, 0.717) is 30.3 Å². The minimum absolute atomic E-state index is 0.0939. The van der Waals surface area contributed by atoms with Crippen molar-refractivity contribution in [3.05, 3.63) is 59.7 Å². The Hall–Kier alpha value is -2.04. The highest BCUT2D eigenvalue weighted by atomic mass is 16.5. The monoisotopic (exact) mass is 285 g/mol. The minimum Gasteiger partial charge on any atom is -0.490 e. The zero-order valence-corrected chi connectivity index (χ0v) is 11.8. The molecular weight excluding hydrogens is 266 g/mol. The van der Waals surface area contributed by atoms with Gasteiger partial charge in [-0.05, 0) is 23.3 Å². The van der Waals surface area contributed by atoms with Gasteiger partial charge < -0.3 is 20.3 Å². The maximum absolute atomic E-state index is 11.0. The van der Waals surface area contributed by atoms with Crippen molar-refractivity contribution < 1.29 is 14.6 Å². The van der Waals surface area contributed by atoms with Crippen LogP contribution in [0, 0.1) is 0 Å². The largest absolute Gasteiger partial charge is 0.490 e. The number of nitrogens with two attached hydrogens (primary N) is 1. The SMILES string of the molecule is NCC(O)(c1ccccc1)c1ccc2c(c1)OCCCO2. The predicted octanol–water partition coefficient (Wildman–Crippen LogP) is 2.04. The molecule has 4 nitrogen and oxygen atoms in total. The van der Waals surface area contributed by atoms with Crippen LogP contribution in [0.1, 0.15) is 17.5 Å². The Morgan fingerprint density at radius 2 is 1.67 bits per heavy atom. The molecule has 1 atom stereocenters. The summed E-state index contributed by atoms with van der Waals surface area (Å²) in [5.41, 5.74) is 6.10. The summed E-state index contributed by atoms with van der Waals surface area (Å²) < 4.78 is 11.3. The summed E-state index contributed by atoms with van der Waals surface area (Å²) in [5, 5.41) is 11.0. The van der Waals surface area contributed by atoms with Gasteiger partial charge in [0.1, 0.15) is 5.60 Å². The lowest BCUT2D eigenvalue weighted by Crippen LogP contribution is -2.36. The molecule has 1 aliphatic rings. The standard InChI is InChI=1S/C17H19NO3/c18-12-17(19,13-5-2-1-3-6-13)14-7-8-15-16(11-14)21-10-4-9-20-15/h1-3,5-8,11,19H,4,9-10,12,18H2. The van der Waals surface area contributed by atoms with Crippen molar-refractivity contribution in [1.82, 2.24) is 0 Å². The van der Waals surface area contributed by atoms with E-state index in [0.717, 1.165) is 12.0 Å². The van der Waals surface area contributed by atoms with Gasteiger partial charge in [0.2, 0.25) is 0 Å². The predicted molar refractivity (Wildman–Crippen MR) is 80.5 cm³/mol. The first-order valence-electron chi connectivity index (χ1n) is 7.12. The molecule has 2 aromatic rings. The molecule has 0 aromatic heterocycles. The third-order valence-electron chi connectivity index (χ3n) is 3.77. The van der Waals surface area contributed by atoms with E-state index >= 15 is 0 Å². The molecule has 2 aromatic carbocycles. The summed E-state index contributed by atoms with van der Waals surface area (Å²) in [7, 11) is 0. The molecule has 0 aliphatic carbocycles. The van der Waals surface area contributed by atoms with Crippen LogP contribution in [0.15, 0.2) is 48.5 Å². The molecule has 1 unspecified atom stereocenters. The van der Waals surface area contributed by atoms with Gasteiger partial charge in [0.05, 0.1) is 13.2 Å². The quantitative estimate of drug-likeness (QED) is 0.906. The van der Waals surface area contributed by atoms with Crippen molar-refractivity contribution in [2.24, 2.45) is 5.73 Å². The van der Waals surface area contributed by atoms with Crippen LogP contribution in [0.4, 0.5) is 0 Å². The van der Waals surface area contributed by atoms with E-state index in [1.54, 1.807) is 0 Å². The Morgan fingerprint density at radius 1 is 0.952 bits per heavy atom. The third kappa shape index (κ3) is 2.60. The molecule has 1 aliphatic heterocycles. The lowest BCUT2D eigenvalue weighted by molar-refractivity contribution is 0.0898. The summed E-state index contributed by atoms with van der Waals surface area (Å²) in [5.74, 6) is 1.37. The molecule has 0 spiro atoms. The van der Waals surface area contributed by atoms with E-state index in [1.165, 1.54) is 0 Å². The van der Waals surface area contributed by atoms with E-state index in [1.807, 2.05) is 48.5 Å². The second-order valence-electron chi connectivity index (χ2n) is 5.14. The summed E-state index contributed by atoms with van der Waals surface area (Å²) in [4.78, 5) is 0. The van der Waals surface area contributed by atoms with E-state index in [4.69, 9.17) is 15.2 Å². The smallest absolute Gasteiger partial charge is 0.161 e. The maximum Gasteiger partial charge on any atom is 0.161 e. The third-order valence-corrected chi connectivity index (χ3v) is 3.77. The highest BCUT2D eigenvalue weighted by Crippen LogP contribution is 2.36. The highest BCUT2D eigenvalue weighted by molar-refractivity contribution is 5.48. The Morgan fingerprint density at radius 3 is 2.38 bits per heavy atom. The first-order valence-corrected chi connectivity index (χ1v) is 7.12. The first kappa shape index (κ1) is 13.9. The fourth-order valence-electron chi connectivity index (χ4n) is 2.54. The van der Waals surface area contributed by atoms with Crippen molar-refractivity contribution >= 4 is 0 Å². The summed E-state index contributed by atoms with van der Waals surface area (Å²) in [6.45, 7) is 1.35. The van der Waals surface area contributed by atoms with Crippen LogP contribution >= 0.6 is 0 Å². The van der Waals surface area contributed by atoms with Crippen LogP contribution in [0.2, 0.25) is 0 Å². The lowest BCUT2D eigenvalue weighted by Gasteiger charge is -2.28. The van der Waals surface area contributed by atoms with Gasteiger partial charge in [-0.25, -0.2) is 0 Å². The van der Waals surface area contributed by atoms with Crippen LogP contribution < -0.4 is 15.2 Å². The fraction of sp³-hybridized carbons (Fsp3) is 0.294. The second kappa shape index (κ2) is 5.76. The lowest BCUT2D eigenvalue weighted by atomic mass is 9.86. The molecule has 0 radical (unpaired) electrons. The summed E-state index contributed by atoms with van der Waals surface area (Å²) >= 11 is 0. The van der Waals surface area contributed by atoms with E-state index in [-0.39, 0.29) is 6.54 Å². The van der Waals surface area contributed by atoms with Crippen LogP contribution in [0.3, 0.4) is 0 Å². The molecule has 3 rings (SSSR count). The van der Waals surface area contributed by atoms with Crippen LogP contribution in [-0.4, -0.2) is 24.9 Å². The van der Waals surface area contributed by atoms with Crippen molar-refractivity contribution in [2.45, 2.75) is 12.0 Å². The first-order chi connectivity index (χ1) is 10.2. The molecule has 0 saturated heterocycles. The summed E-state index contributed by atoms with van der Waals surface area (Å²) in [6, 6.07) is 14.9. The van der Waals surface area contributed by atoms with Crippen LogP contribution in [-0.2, 0) is 5.60 Å². The Balaban J connectivity index is 2.03. The molecule has 4 heteroatoms. The Kier molecular flexibility index (Phi) is 3.82.